The Morgan fingerprint density at radius 1 is 1.50 bits per heavy atom. The Morgan fingerprint density at radius 2 is 1.67 bits per heavy atom. The summed E-state index contributed by atoms with van der Waals surface area (Å²) < 4.78 is 0. The molecule has 0 heterocycles. The summed E-state index contributed by atoms with van der Waals surface area (Å²) in [6.45, 7) is 1.87. The van der Waals surface area contributed by atoms with Crippen LogP contribution in [0.3, 0.4) is 0 Å². The molecule has 0 rings (SSSR count). The van der Waals surface area contributed by atoms with E-state index in [1.807, 2.05) is 6.92 Å². The highest BCUT2D eigenvalue weighted by molar-refractivity contribution is 6.25. The van der Waals surface area contributed by atoms with E-state index in [1.165, 1.54) is 5.54 Å². The summed E-state index contributed by atoms with van der Waals surface area (Å²) in [5.41, 5.74) is 1.47. The fraction of sp³-hybridized carbons (Fsp3) is 0.500. The van der Waals surface area contributed by atoms with Crippen LogP contribution in [0.5, 0.6) is 0 Å². The molecule has 0 spiro atoms. The minimum Gasteiger partial charge on any atom is -0.400 e. The molecule has 0 atom stereocenters. The molecule has 0 unspecified atom stereocenters. The zero-order valence-corrected chi connectivity index (χ0v) is 4.74. The van der Waals surface area contributed by atoms with E-state index < -0.39 is 0 Å². The van der Waals surface area contributed by atoms with Crippen LogP contribution in [0.15, 0.2) is 11.6 Å². The van der Waals surface area contributed by atoms with Gasteiger partial charge in [0.2, 0.25) is 0 Å². The third-order valence-electron chi connectivity index (χ3n) is 0.126. The number of aliphatic hydroxyl groups excluding tert-OH is 1. The van der Waals surface area contributed by atoms with Crippen molar-refractivity contribution in [3.8, 4) is 0 Å². The second-order valence-electron chi connectivity index (χ2n) is 0.459. The highest BCUT2D eigenvalue weighted by Crippen LogP contribution is 1.70. The molecule has 2 heteroatoms. The maximum Gasteiger partial charge on any atom is 0.0319 e. The van der Waals surface area contributed by atoms with Crippen molar-refractivity contribution in [2.45, 2.75) is 6.92 Å². The van der Waals surface area contributed by atoms with E-state index in [2.05, 4.69) is 0 Å². The number of aliphatic hydroxyl groups is 1. The average Bonchev–Trinajstić information content (AvgIpc) is 1.72. The first kappa shape index (κ1) is 9.37. The van der Waals surface area contributed by atoms with Crippen LogP contribution in [0.2, 0.25) is 0 Å². The molecule has 0 aromatic carbocycles. The van der Waals surface area contributed by atoms with E-state index >= 15 is 0 Å². The van der Waals surface area contributed by atoms with Gasteiger partial charge in [0, 0.05) is 7.11 Å². The van der Waals surface area contributed by atoms with E-state index in [9.17, 15) is 0 Å². The fourth-order valence-electron chi connectivity index (χ4n) is 0. The molecule has 0 aromatic rings. The maximum absolute atomic E-state index is 7.00. The van der Waals surface area contributed by atoms with E-state index in [4.69, 9.17) is 16.7 Å². The van der Waals surface area contributed by atoms with Crippen molar-refractivity contribution in [3.05, 3.63) is 11.6 Å². The maximum atomic E-state index is 7.00. The van der Waals surface area contributed by atoms with Gasteiger partial charge in [-0.1, -0.05) is 17.7 Å². The molecule has 0 saturated carbocycles. The van der Waals surface area contributed by atoms with Crippen molar-refractivity contribution in [1.82, 2.24) is 0 Å². The van der Waals surface area contributed by atoms with Crippen LogP contribution in [0, 0.1) is 0 Å². The molecule has 6 heavy (non-hydrogen) atoms. The molecule has 0 aliphatic rings. The minimum absolute atomic E-state index is 1.00. The number of rotatable bonds is 0. The molecule has 0 saturated heterocycles. The highest BCUT2D eigenvalue weighted by atomic mass is 35.5. The predicted molar refractivity (Wildman–Crippen MR) is 28.8 cm³/mol. The molecular formula is C4H9ClO. The Bertz CT molecular complexity index is 22.7. The van der Waals surface area contributed by atoms with Crippen molar-refractivity contribution in [2.75, 3.05) is 7.11 Å². The summed E-state index contributed by atoms with van der Waals surface area (Å²) in [6, 6.07) is 0. The molecule has 0 amide bonds. The summed E-state index contributed by atoms with van der Waals surface area (Å²) in [7, 11) is 1.00. The highest BCUT2D eigenvalue weighted by Gasteiger charge is 1.37. The van der Waals surface area contributed by atoms with Gasteiger partial charge in [0.05, 0.1) is 0 Å². The molecule has 0 aliphatic heterocycles. The second-order valence-corrected chi connectivity index (χ2v) is 0.711. The summed E-state index contributed by atoms with van der Waals surface area (Å²) in [6.07, 6.45) is 1.77. The van der Waals surface area contributed by atoms with E-state index in [0.29, 0.717) is 0 Å². The summed E-state index contributed by atoms with van der Waals surface area (Å²) >= 11 is 5.01. The third kappa shape index (κ3) is 36.4. The Hall–Kier alpha value is -0.0100. The fourth-order valence-corrected chi connectivity index (χ4v) is 0. The van der Waals surface area contributed by atoms with Gasteiger partial charge in [0.15, 0.2) is 0 Å². The summed E-state index contributed by atoms with van der Waals surface area (Å²) in [5, 5.41) is 7.00. The van der Waals surface area contributed by atoms with Crippen LogP contribution in [-0.2, 0) is 0 Å². The van der Waals surface area contributed by atoms with Crippen molar-refractivity contribution < 1.29 is 5.11 Å². The van der Waals surface area contributed by atoms with Gasteiger partial charge in [-0.15, -0.1) is 0 Å². The van der Waals surface area contributed by atoms with Gasteiger partial charge in [0.1, 0.15) is 0 Å². The standard InChI is InChI=1S/C3H5Cl.CH4O/c1-2-3-4;1-2/h2-3H,1H3;2H,1H3/b3-2+;. The van der Waals surface area contributed by atoms with Crippen LogP contribution < -0.4 is 0 Å². The minimum atomic E-state index is 1.00. The van der Waals surface area contributed by atoms with Gasteiger partial charge < -0.3 is 5.11 Å². The van der Waals surface area contributed by atoms with Gasteiger partial charge in [0.25, 0.3) is 0 Å². The Kier molecular flexibility index (Phi) is 31.3. The SMILES string of the molecule is C/C=C/Cl.CO. The summed E-state index contributed by atoms with van der Waals surface area (Å²) in [5.74, 6) is 0. The van der Waals surface area contributed by atoms with Crippen molar-refractivity contribution in [2.24, 2.45) is 0 Å². The largest absolute Gasteiger partial charge is 0.400 e. The van der Waals surface area contributed by atoms with E-state index in [0.717, 1.165) is 7.11 Å². The first-order chi connectivity index (χ1) is 2.91. The van der Waals surface area contributed by atoms with Crippen LogP contribution in [0.25, 0.3) is 0 Å². The third-order valence-corrected chi connectivity index (χ3v) is 0.378. The molecule has 0 aromatic heterocycles. The van der Waals surface area contributed by atoms with Crippen LogP contribution in [0.1, 0.15) is 6.92 Å². The van der Waals surface area contributed by atoms with Crippen molar-refractivity contribution in [1.29, 1.82) is 0 Å². The molecule has 0 bridgehead atoms. The lowest BCUT2D eigenvalue weighted by atomic mass is 10.8. The number of hydrogen-bond donors (Lipinski definition) is 1. The van der Waals surface area contributed by atoms with Crippen molar-refractivity contribution >= 4 is 11.6 Å². The molecule has 1 N–H and O–H groups in total. The molecule has 0 fully saturated rings. The van der Waals surface area contributed by atoms with E-state index in [1.54, 1.807) is 6.08 Å². The quantitative estimate of drug-likeness (QED) is 0.497. The van der Waals surface area contributed by atoms with Gasteiger partial charge in [-0.25, -0.2) is 0 Å². The zero-order valence-electron chi connectivity index (χ0n) is 3.98. The lowest BCUT2D eigenvalue weighted by molar-refractivity contribution is 0.399. The van der Waals surface area contributed by atoms with E-state index in [-0.39, 0.29) is 0 Å². The normalized spacial score (nSPS) is 7.33. The van der Waals surface area contributed by atoms with Crippen LogP contribution in [0.4, 0.5) is 0 Å². The van der Waals surface area contributed by atoms with Gasteiger partial charge in [-0.05, 0) is 12.5 Å². The second kappa shape index (κ2) is 20.1. The molecule has 0 aliphatic carbocycles. The monoisotopic (exact) mass is 108 g/mol. The Labute approximate surface area is 43.2 Å². The van der Waals surface area contributed by atoms with Crippen LogP contribution in [-0.4, -0.2) is 12.2 Å². The molecule has 0 radical (unpaired) electrons. The van der Waals surface area contributed by atoms with Crippen molar-refractivity contribution in [3.63, 3.8) is 0 Å². The number of allylic oxidation sites excluding steroid dienone is 1. The lowest BCUT2D eigenvalue weighted by Gasteiger charge is -1.46. The summed E-state index contributed by atoms with van der Waals surface area (Å²) in [4.78, 5) is 0. The average molecular weight is 109 g/mol. The van der Waals surface area contributed by atoms with Gasteiger partial charge in [-0.2, -0.15) is 0 Å². The first-order valence-electron chi connectivity index (χ1n) is 1.58. The zero-order chi connectivity index (χ0) is 5.41. The molecule has 38 valence electrons. The topological polar surface area (TPSA) is 20.2 Å². The van der Waals surface area contributed by atoms with Crippen LogP contribution >= 0.6 is 11.6 Å². The number of halogens is 1. The van der Waals surface area contributed by atoms with Gasteiger partial charge >= 0.3 is 0 Å². The first-order valence-corrected chi connectivity index (χ1v) is 2.01. The number of hydrogen-bond acceptors (Lipinski definition) is 1. The Balaban J connectivity index is 0. The van der Waals surface area contributed by atoms with Gasteiger partial charge in [-0.3, -0.25) is 0 Å². The Morgan fingerprint density at radius 3 is 1.67 bits per heavy atom. The smallest absolute Gasteiger partial charge is 0.0319 e. The molecular weight excluding hydrogens is 99.5 g/mol. The predicted octanol–water partition coefficient (Wildman–Crippen LogP) is 1.37. The molecule has 1 nitrogen and oxygen atoms in total. The lowest BCUT2D eigenvalue weighted by Crippen LogP contribution is -1.25.